The molecule has 1 saturated carbocycles. The van der Waals surface area contributed by atoms with Crippen molar-refractivity contribution < 1.29 is 5.02 Å². The summed E-state index contributed by atoms with van der Waals surface area (Å²) in [7, 11) is -0.446. The van der Waals surface area contributed by atoms with Crippen LogP contribution in [-0.4, -0.2) is 24.2 Å². The zero-order valence-electron chi connectivity index (χ0n) is 11.1. The van der Waals surface area contributed by atoms with Gasteiger partial charge in [0.15, 0.2) is 0 Å². The highest BCUT2D eigenvalue weighted by Crippen LogP contribution is 2.46. The minimum absolute atomic E-state index is 0.0949. The van der Waals surface area contributed by atoms with Crippen molar-refractivity contribution in [2.45, 2.75) is 38.0 Å². The third-order valence-corrected chi connectivity index (χ3v) is 3.94. The molecule has 1 aliphatic carbocycles. The van der Waals surface area contributed by atoms with Crippen molar-refractivity contribution in [3.63, 3.8) is 0 Å². The minimum Gasteiger partial charge on any atom is -0.437 e. The smallest absolute Gasteiger partial charge is 0.374 e. The minimum atomic E-state index is -0.446. The molecule has 98 valence electrons. The second kappa shape index (κ2) is 5.87. The molecule has 4 N–H and O–H groups in total. The Morgan fingerprint density at radius 1 is 1.44 bits per heavy atom. The molecule has 1 aromatic rings. The van der Waals surface area contributed by atoms with E-state index < -0.39 is 7.05 Å². The van der Waals surface area contributed by atoms with E-state index in [1.165, 1.54) is 5.56 Å². The first-order chi connectivity index (χ1) is 8.66. The molecular weight excluding hydrogens is 223 g/mol. The second-order valence-corrected chi connectivity index (χ2v) is 5.45. The van der Waals surface area contributed by atoms with Crippen molar-refractivity contribution in [3.8, 4) is 0 Å². The van der Waals surface area contributed by atoms with Crippen molar-refractivity contribution in [3.05, 3.63) is 35.9 Å². The molecule has 0 spiro atoms. The Labute approximate surface area is 110 Å². The number of hydrogen-bond donors (Lipinski definition) is 3. The summed E-state index contributed by atoms with van der Waals surface area (Å²) < 4.78 is 0. The highest BCUT2D eigenvalue weighted by Gasteiger charge is 2.52. The van der Waals surface area contributed by atoms with E-state index in [1.54, 1.807) is 6.82 Å². The quantitative estimate of drug-likeness (QED) is 0.638. The molecule has 2 atom stereocenters. The zero-order valence-corrected chi connectivity index (χ0v) is 11.1. The molecule has 0 aromatic heterocycles. The predicted octanol–water partition coefficient (Wildman–Crippen LogP) is 1.43. The molecule has 3 nitrogen and oxygen atoms in total. The number of hydrogen-bond acceptors (Lipinski definition) is 3. The molecule has 18 heavy (non-hydrogen) atoms. The van der Waals surface area contributed by atoms with Crippen LogP contribution in [0.1, 0.15) is 24.8 Å². The Bertz CT molecular complexity index is 371. The van der Waals surface area contributed by atoms with Gasteiger partial charge in [-0.1, -0.05) is 30.3 Å². The number of nitrogens with two attached hydrogens (primary N) is 1. The summed E-state index contributed by atoms with van der Waals surface area (Å²) in [6, 6.07) is 10.5. The van der Waals surface area contributed by atoms with E-state index >= 15 is 0 Å². The van der Waals surface area contributed by atoms with Crippen LogP contribution >= 0.6 is 0 Å². The van der Waals surface area contributed by atoms with Crippen molar-refractivity contribution in [2.75, 3.05) is 6.54 Å². The molecule has 0 amide bonds. The second-order valence-electron chi connectivity index (χ2n) is 5.45. The molecule has 4 heteroatoms. The Kier molecular flexibility index (Phi) is 4.43. The van der Waals surface area contributed by atoms with Crippen LogP contribution in [0.3, 0.4) is 0 Å². The SMILES string of the molecule is CB(O)NC1(CCCc2ccccc2)CC1CN. The topological polar surface area (TPSA) is 58.3 Å². The average Bonchev–Trinajstić information content (AvgIpc) is 3.03. The molecular formula is C14H23BN2O. The summed E-state index contributed by atoms with van der Waals surface area (Å²) in [5.74, 6) is 0.530. The standard InChI is InChI=1S/C14H23BN2O/c1-15(18)17-14(10-13(14)11-16)9-5-8-12-6-3-2-4-7-12/h2-4,6-7,13,17-18H,5,8-11,16H2,1H3. The monoisotopic (exact) mass is 246 g/mol. The van der Waals surface area contributed by atoms with E-state index in [9.17, 15) is 5.02 Å². The van der Waals surface area contributed by atoms with Gasteiger partial charge < -0.3 is 16.0 Å². The van der Waals surface area contributed by atoms with Crippen molar-refractivity contribution in [2.24, 2.45) is 11.7 Å². The van der Waals surface area contributed by atoms with Crippen LogP contribution in [0.5, 0.6) is 0 Å². The number of nitrogens with one attached hydrogen (secondary N) is 1. The first-order valence-electron chi connectivity index (χ1n) is 6.86. The molecule has 0 radical (unpaired) electrons. The van der Waals surface area contributed by atoms with Crippen LogP contribution in [0, 0.1) is 5.92 Å². The lowest BCUT2D eigenvalue weighted by atomic mass is 9.84. The van der Waals surface area contributed by atoms with Gasteiger partial charge in [-0.05, 0) is 50.5 Å². The van der Waals surface area contributed by atoms with Gasteiger partial charge in [0.2, 0.25) is 0 Å². The summed E-state index contributed by atoms with van der Waals surface area (Å²) in [5, 5.41) is 12.8. The summed E-state index contributed by atoms with van der Waals surface area (Å²) in [4.78, 5) is 0. The normalized spacial score (nSPS) is 26.1. The fraction of sp³-hybridized carbons (Fsp3) is 0.571. The Morgan fingerprint density at radius 2 is 2.17 bits per heavy atom. The lowest BCUT2D eigenvalue weighted by Gasteiger charge is -2.20. The van der Waals surface area contributed by atoms with Crippen LogP contribution < -0.4 is 11.0 Å². The first kappa shape index (κ1) is 13.6. The Morgan fingerprint density at radius 3 is 2.72 bits per heavy atom. The molecule has 0 heterocycles. The van der Waals surface area contributed by atoms with Crippen LogP contribution in [0.4, 0.5) is 0 Å². The molecule has 1 fully saturated rings. The van der Waals surface area contributed by atoms with Crippen molar-refractivity contribution in [1.82, 2.24) is 5.23 Å². The maximum absolute atomic E-state index is 9.51. The van der Waals surface area contributed by atoms with Gasteiger partial charge in [-0.25, -0.2) is 0 Å². The summed E-state index contributed by atoms with van der Waals surface area (Å²) >= 11 is 0. The molecule has 0 bridgehead atoms. The number of benzene rings is 1. The van der Waals surface area contributed by atoms with E-state index in [0.717, 1.165) is 25.7 Å². The molecule has 2 rings (SSSR count). The lowest BCUT2D eigenvalue weighted by molar-refractivity contribution is 0.448. The van der Waals surface area contributed by atoms with E-state index in [2.05, 4.69) is 29.5 Å². The summed E-state index contributed by atoms with van der Waals surface area (Å²) in [5.41, 5.74) is 7.23. The molecule has 1 aromatic carbocycles. The van der Waals surface area contributed by atoms with E-state index in [4.69, 9.17) is 5.73 Å². The van der Waals surface area contributed by atoms with Crippen molar-refractivity contribution in [1.29, 1.82) is 0 Å². The molecule has 0 aliphatic heterocycles. The molecule has 1 aliphatic rings. The van der Waals surface area contributed by atoms with Crippen LogP contribution in [-0.2, 0) is 6.42 Å². The van der Waals surface area contributed by atoms with Crippen molar-refractivity contribution >= 4 is 7.05 Å². The largest absolute Gasteiger partial charge is 0.437 e. The van der Waals surface area contributed by atoms with Crippen LogP contribution in [0.15, 0.2) is 30.3 Å². The average molecular weight is 246 g/mol. The Balaban J connectivity index is 1.81. The van der Waals surface area contributed by atoms with Gasteiger partial charge >= 0.3 is 7.05 Å². The van der Waals surface area contributed by atoms with Gasteiger partial charge in [-0.2, -0.15) is 0 Å². The summed E-state index contributed by atoms with van der Waals surface area (Å²) in [6.07, 6.45) is 4.43. The van der Waals surface area contributed by atoms with Gasteiger partial charge in [0.05, 0.1) is 0 Å². The highest BCUT2D eigenvalue weighted by molar-refractivity contribution is 6.45. The Hall–Kier alpha value is -0.835. The first-order valence-corrected chi connectivity index (χ1v) is 6.86. The molecule has 2 unspecified atom stereocenters. The van der Waals surface area contributed by atoms with E-state index in [0.29, 0.717) is 12.5 Å². The fourth-order valence-corrected chi connectivity index (χ4v) is 2.91. The highest BCUT2D eigenvalue weighted by atomic mass is 16.2. The molecule has 0 saturated heterocycles. The van der Waals surface area contributed by atoms with Gasteiger partial charge in [0, 0.05) is 5.54 Å². The van der Waals surface area contributed by atoms with Crippen LogP contribution in [0.2, 0.25) is 6.82 Å². The van der Waals surface area contributed by atoms with E-state index in [-0.39, 0.29) is 5.54 Å². The van der Waals surface area contributed by atoms with Gasteiger partial charge in [0.25, 0.3) is 0 Å². The van der Waals surface area contributed by atoms with Gasteiger partial charge in [-0.3, -0.25) is 0 Å². The number of aryl methyl sites for hydroxylation is 1. The third-order valence-electron chi connectivity index (χ3n) is 3.94. The maximum atomic E-state index is 9.51. The lowest BCUT2D eigenvalue weighted by Crippen LogP contribution is -2.44. The maximum Gasteiger partial charge on any atom is 0.374 e. The van der Waals surface area contributed by atoms with E-state index in [1.807, 2.05) is 6.07 Å². The zero-order chi connectivity index (χ0) is 13.0. The predicted molar refractivity (Wildman–Crippen MR) is 76.2 cm³/mol. The fourth-order valence-electron chi connectivity index (χ4n) is 2.91. The van der Waals surface area contributed by atoms with Gasteiger partial charge in [-0.15, -0.1) is 0 Å². The van der Waals surface area contributed by atoms with Crippen LogP contribution in [0.25, 0.3) is 0 Å². The summed E-state index contributed by atoms with van der Waals surface area (Å²) in [6.45, 7) is 2.50. The number of rotatable bonds is 7. The van der Waals surface area contributed by atoms with Gasteiger partial charge in [0.1, 0.15) is 0 Å². The third kappa shape index (κ3) is 3.34.